The van der Waals surface area contributed by atoms with Crippen LogP contribution in [0, 0.1) is 6.57 Å². The normalized spacial score (nSPS) is 10.8. The lowest BCUT2D eigenvalue weighted by atomic mass is 9.99. The Hall–Kier alpha value is -7.88. The molecule has 0 radical (unpaired) electrons. The van der Waals surface area contributed by atoms with Gasteiger partial charge in [-0.3, -0.25) is 0 Å². The van der Waals surface area contributed by atoms with Crippen molar-refractivity contribution in [3.05, 3.63) is 206 Å². The van der Waals surface area contributed by atoms with Crippen LogP contribution in [0.4, 0.5) is 5.69 Å². The van der Waals surface area contributed by atoms with E-state index < -0.39 is 0 Å². The van der Waals surface area contributed by atoms with E-state index >= 15 is 0 Å². The summed E-state index contributed by atoms with van der Waals surface area (Å²) in [7, 11) is 0. The molecule has 0 atom stereocenters. The van der Waals surface area contributed by atoms with Gasteiger partial charge in [-0.15, -0.1) is 0 Å². The molecule has 0 unspecified atom stereocenters. The standard InChI is InChI=1S/C50H32N6/c1-51-44-26-12-11-25-43(44)50-55-47(37-19-9-4-10-20-37)54-48(56-50)38-29-27-35(28-30-38)39-21-13-23-41(31-39)46-33-45(36-17-7-3-8-18-36)52-49(53-46)42-24-14-22-40(32-42)34-15-5-2-6-16-34/h2-33H. The fraction of sp³-hybridized carbons (Fsp3) is 0. The largest absolute Gasteiger partial charge is 0.237 e. The minimum absolute atomic E-state index is 0.461. The fourth-order valence-electron chi connectivity index (χ4n) is 6.72. The molecule has 2 heterocycles. The van der Waals surface area contributed by atoms with Crippen LogP contribution in [0.3, 0.4) is 0 Å². The van der Waals surface area contributed by atoms with Crippen molar-refractivity contribution in [3.63, 3.8) is 0 Å². The summed E-state index contributed by atoms with van der Waals surface area (Å²) in [4.78, 5) is 28.5. The summed E-state index contributed by atoms with van der Waals surface area (Å²) in [6, 6.07) is 65.0. The highest BCUT2D eigenvalue weighted by atomic mass is 15.0. The van der Waals surface area contributed by atoms with Crippen LogP contribution in [-0.2, 0) is 0 Å². The molecule has 56 heavy (non-hydrogen) atoms. The van der Waals surface area contributed by atoms with Gasteiger partial charge in [0.05, 0.1) is 18.0 Å². The molecule has 0 aliphatic carbocycles. The Morgan fingerprint density at radius 1 is 0.286 bits per heavy atom. The van der Waals surface area contributed by atoms with Crippen LogP contribution in [-0.4, -0.2) is 24.9 Å². The first-order chi connectivity index (χ1) is 27.7. The SMILES string of the molecule is [C-]#[N+]c1ccccc1-c1nc(-c2ccccc2)nc(-c2ccc(-c3cccc(-c4cc(-c5ccccc5)nc(-c5cccc(-c6ccccc6)c5)n4)c3)cc2)n1. The van der Waals surface area contributed by atoms with Crippen molar-refractivity contribution >= 4 is 5.69 Å². The molecule has 6 nitrogen and oxygen atoms in total. The maximum Gasteiger partial charge on any atom is 0.198 e. The summed E-state index contributed by atoms with van der Waals surface area (Å²) in [5.74, 6) is 2.21. The zero-order valence-electron chi connectivity index (χ0n) is 30.2. The van der Waals surface area contributed by atoms with Gasteiger partial charge in [0.1, 0.15) is 0 Å². The second-order valence-electron chi connectivity index (χ2n) is 13.2. The second kappa shape index (κ2) is 15.2. The van der Waals surface area contributed by atoms with E-state index in [2.05, 4.69) is 108 Å². The third-order valence-electron chi connectivity index (χ3n) is 9.59. The number of rotatable bonds is 8. The smallest absolute Gasteiger partial charge is 0.198 e. The number of benzene rings is 7. The fourth-order valence-corrected chi connectivity index (χ4v) is 6.72. The summed E-state index contributed by atoms with van der Waals surface area (Å²) in [6.07, 6.45) is 0. The molecule has 262 valence electrons. The molecule has 2 aromatic heterocycles. The van der Waals surface area contributed by atoms with Crippen molar-refractivity contribution in [1.82, 2.24) is 24.9 Å². The third kappa shape index (κ3) is 7.08. The Labute approximate surface area is 325 Å². The maximum atomic E-state index is 7.73. The van der Waals surface area contributed by atoms with Crippen molar-refractivity contribution in [2.24, 2.45) is 0 Å². The van der Waals surface area contributed by atoms with E-state index in [1.54, 1.807) is 6.07 Å². The van der Waals surface area contributed by atoms with Crippen LogP contribution in [0.1, 0.15) is 0 Å². The summed E-state index contributed by atoms with van der Waals surface area (Å²) >= 11 is 0. The van der Waals surface area contributed by atoms with Crippen molar-refractivity contribution in [1.29, 1.82) is 0 Å². The van der Waals surface area contributed by atoms with E-state index in [0.717, 1.165) is 61.5 Å². The second-order valence-corrected chi connectivity index (χ2v) is 13.2. The van der Waals surface area contributed by atoms with Crippen LogP contribution in [0.2, 0.25) is 0 Å². The molecule has 0 bridgehead atoms. The van der Waals surface area contributed by atoms with Crippen molar-refractivity contribution in [3.8, 4) is 90.3 Å². The minimum atomic E-state index is 0.461. The zero-order valence-corrected chi connectivity index (χ0v) is 30.2. The molecule has 0 amide bonds. The molecule has 9 rings (SSSR count). The molecule has 0 saturated carbocycles. The van der Waals surface area contributed by atoms with Gasteiger partial charge in [0, 0.05) is 33.4 Å². The minimum Gasteiger partial charge on any atom is -0.237 e. The highest BCUT2D eigenvalue weighted by Crippen LogP contribution is 2.34. The van der Waals surface area contributed by atoms with Crippen LogP contribution < -0.4 is 0 Å². The molecule has 0 N–H and O–H groups in total. The molecule has 7 aromatic carbocycles. The number of aromatic nitrogens is 5. The summed E-state index contributed by atoms with van der Waals surface area (Å²) in [6.45, 7) is 7.73. The van der Waals surface area contributed by atoms with E-state index in [9.17, 15) is 0 Å². The monoisotopic (exact) mass is 716 g/mol. The Morgan fingerprint density at radius 2 is 0.696 bits per heavy atom. The lowest BCUT2D eigenvalue weighted by Crippen LogP contribution is -2.00. The van der Waals surface area contributed by atoms with E-state index in [1.807, 2.05) is 84.9 Å². The van der Waals surface area contributed by atoms with Gasteiger partial charge in [0.25, 0.3) is 0 Å². The first kappa shape index (κ1) is 33.9. The van der Waals surface area contributed by atoms with Crippen LogP contribution in [0.15, 0.2) is 194 Å². The first-order valence-electron chi connectivity index (χ1n) is 18.3. The van der Waals surface area contributed by atoms with Gasteiger partial charge in [0.15, 0.2) is 29.0 Å². The summed E-state index contributed by atoms with van der Waals surface area (Å²) in [5.41, 5.74) is 11.9. The molecular weight excluding hydrogens is 685 g/mol. The molecule has 9 aromatic rings. The molecule has 0 spiro atoms. The molecular formula is C50H32N6. The Balaban J connectivity index is 1.08. The Morgan fingerprint density at radius 3 is 1.34 bits per heavy atom. The third-order valence-corrected chi connectivity index (χ3v) is 9.59. The number of nitrogens with zero attached hydrogens (tertiary/aromatic N) is 6. The molecule has 0 aliphatic rings. The Bertz CT molecular complexity index is 2850. The van der Waals surface area contributed by atoms with E-state index in [4.69, 9.17) is 31.5 Å². The highest BCUT2D eigenvalue weighted by molar-refractivity contribution is 5.79. The number of hydrogen-bond donors (Lipinski definition) is 0. The van der Waals surface area contributed by atoms with Crippen molar-refractivity contribution < 1.29 is 0 Å². The topological polar surface area (TPSA) is 68.8 Å². The van der Waals surface area contributed by atoms with Gasteiger partial charge < -0.3 is 0 Å². The van der Waals surface area contributed by atoms with Gasteiger partial charge in [-0.2, -0.15) is 0 Å². The average molecular weight is 717 g/mol. The van der Waals surface area contributed by atoms with Crippen molar-refractivity contribution in [2.75, 3.05) is 0 Å². The lowest BCUT2D eigenvalue weighted by molar-refractivity contribution is 1.07. The molecule has 6 heteroatoms. The molecule has 0 saturated heterocycles. The van der Waals surface area contributed by atoms with Crippen LogP contribution in [0.5, 0.6) is 0 Å². The van der Waals surface area contributed by atoms with E-state index in [-0.39, 0.29) is 0 Å². The average Bonchev–Trinajstić information content (AvgIpc) is 3.29. The van der Waals surface area contributed by atoms with Crippen molar-refractivity contribution in [2.45, 2.75) is 0 Å². The predicted octanol–water partition coefficient (Wildman–Crippen LogP) is 12.5. The van der Waals surface area contributed by atoms with Gasteiger partial charge >= 0.3 is 0 Å². The lowest BCUT2D eigenvalue weighted by Gasteiger charge is -2.12. The van der Waals surface area contributed by atoms with Gasteiger partial charge in [0.2, 0.25) is 0 Å². The van der Waals surface area contributed by atoms with Crippen LogP contribution in [0.25, 0.3) is 95.2 Å². The predicted molar refractivity (Wildman–Crippen MR) is 225 cm³/mol. The first-order valence-corrected chi connectivity index (χ1v) is 18.3. The van der Waals surface area contributed by atoms with E-state index in [0.29, 0.717) is 34.5 Å². The summed E-state index contributed by atoms with van der Waals surface area (Å²) < 4.78 is 0. The summed E-state index contributed by atoms with van der Waals surface area (Å²) in [5, 5.41) is 0. The van der Waals surface area contributed by atoms with Gasteiger partial charge in [-0.1, -0.05) is 176 Å². The molecule has 0 fully saturated rings. The van der Waals surface area contributed by atoms with Crippen LogP contribution >= 0.6 is 0 Å². The van der Waals surface area contributed by atoms with E-state index in [1.165, 1.54) is 0 Å². The molecule has 0 aliphatic heterocycles. The van der Waals surface area contributed by atoms with Gasteiger partial charge in [-0.25, -0.2) is 29.8 Å². The van der Waals surface area contributed by atoms with Gasteiger partial charge in [-0.05, 0) is 40.5 Å². The number of para-hydroxylation sites is 1. The maximum absolute atomic E-state index is 7.73. The highest BCUT2D eigenvalue weighted by Gasteiger charge is 2.16. The number of hydrogen-bond acceptors (Lipinski definition) is 5. The quantitative estimate of drug-likeness (QED) is 0.146. The zero-order chi connectivity index (χ0) is 37.7. The Kier molecular flexibility index (Phi) is 9.23.